The van der Waals surface area contributed by atoms with E-state index < -0.39 is 11.7 Å². The fourth-order valence-corrected chi connectivity index (χ4v) is 4.84. The molecular weight excluding hydrogens is 477 g/mol. The first-order valence-corrected chi connectivity index (χ1v) is 12.4. The Morgan fingerprint density at radius 1 is 0.316 bits per heavy atom. The van der Waals surface area contributed by atoms with Crippen LogP contribution < -0.4 is 0 Å². The minimum Gasteiger partial charge on any atom is -0.166 e. The second-order valence-electron chi connectivity index (χ2n) is 9.38. The van der Waals surface area contributed by atoms with Crippen LogP contribution in [0.15, 0.2) is 140 Å². The quantitative estimate of drug-likeness (QED) is 0.226. The van der Waals surface area contributed by atoms with Crippen molar-refractivity contribution in [1.82, 2.24) is 0 Å². The maximum Gasteiger partial charge on any atom is 0.416 e. The monoisotopic (exact) mass is 500 g/mol. The van der Waals surface area contributed by atoms with Gasteiger partial charge in [-0.05, 0) is 85.6 Å². The molecule has 0 aromatic heterocycles. The Labute approximate surface area is 219 Å². The molecule has 0 spiro atoms. The lowest BCUT2D eigenvalue weighted by molar-refractivity contribution is -0.137. The zero-order valence-electron chi connectivity index (χ0n) is 20.4. The minimum absolute atomic E-state index is 0.550. The Morgan fingerprint density at radius 3 is 1.29 bits per heavy atom. The zero-order chi connectivity index (χ0) is 26.1. The maximum atomic E-state index is 13.1. The molecule has 0 unspecified atom stereocenters. The third-order valence-corrected chi connectivity index (χ3v) is 6.88. The van der Waals surface area contributed by atoms with E-state index in [1.54, 1.807) is 6.07 Å². The van der Waals surface area contributed by atoms with Crippen LogP contribution in [0.1, 0.15) is 5.56 Å². The molecule has 38 heavy (non-hydrogen) atoms. The second-order valence-corrected chi connectivity index (χ2v) is 9.38. The molecule has 0 aliphatic carbocycles. The van der Waals surface area contributed by atoms with Crippen LogP contribution >= 0.6 is 0 Å². The van der Waals surface area contributed by atoms with Crippen LogP contribution in [0.25, 0.3) is 55.3 Å². The van der Waals surface area contributed by atoms with Gasteiger partial charge in [0, 0.05) is 0 Å². The van der Waals surface area contributed by atoms with Crippen LogP contribution in [0.2, 0.25) is 0 Å². The van der Waals surface area contributed by atoms with Gasteiger partial charge in [0.1, 0.15) is 0 Å². The van der Waals surface area contributed by atoms with Gasteiger partial charge in [-0.15, -0.1) is 0 Å². The number of rotatable bonds is 4. The fraction of sp³-hybridized carbons (Fsp3) is 0.0286. The van der Waals surface area contributed by atoms with Gasteiger partial charge >= 0.3 is 6.18 Å². The summed E-state index contributed by atoms with van der Waals surface area (Å²) in [5.41, 5.74) is 7.45. The fourth-order valence-electron chi connectivity index (χ4n) is 4.84. The van der Waals surface area contributed by atoms with E-state index in [1.807, 2.05) is 30.3 Å². The van der Waals surface area contributed by atoms with Gasteiger partial charge in [-0.3, -0.25) is 0 Å². The van der Waals surface area contributed by atoms with Crippen molar-refractivity contribution in [2.75, 3.05) is 0 Å². The van der Waals surface area contributed by atoms with Gasteiger partial charge in [0.2, 0.25) is 0 Å². The molecule has 0 bridgehead atoms. The van der Waals surface area contributed by atoms with Crippen LogP contribution in [-0.2, 0) is 6.18 Å². The van der Waals surface area contributed by atoms with Crippen LogP contribution in [0.4, 0.5) is 13.2 Å². The molecule has 0 aliphatic rings. The summed E-state index contributed by atoms with van der Waals surface area (Å²) in [4.78, 5) is 0. The predicted octanol–water partition coefficient (Wildman–Crippen LogP) is 10.5. The molecule has 0 atom stereocenters. The van der Waals surface area contributed by atoms with E-state index in [1.165, 1.54) is 28.8 Å². The number of hydrogen-bond donors (Lipinski definition) is 0. The maximum absolute atomic E-state index is 13.1. The van der Waals surface area contributed by atoms with Crippen molar-refractivity contribution < 1.29 is 13.2 Å². The Kier molecular flexibility index (Phi) is 6.05. The number of alkyl halides is 3. The summed E-state index contributed by atoms with van der Waals surface area (Å²) >= 11 is 0. The van der Waals surface area contributed by atoms with Crippen LogP contribution in [0.3, 0.4) is 0 Å². The zero-order valence-corrected chi connectivity index (χ0v) is 20.4. The topological polar surface area (TPSA) is 0 Å². The summed E-state index contributed by atoms with van der Waals surface area (Å²) < 4.78 is 39.3. The first kappa shape index (κ1) is 23.7. The molecular formula is C35H23F3. The Bertz CT molecular complexity index is 1730. The van der Waals surface area contributed by atoms with Gasteiger partial charge in [-0.2, -0.15) is 13.2 Å². The van der Waals surface area contributed by atoms with E-state index in [4.69, 9.17) is 0 Å². The lowest BCUT2D eigenvalue weighted by Gasteiger charge is -2.10. The predicted molar refractivity (Wildman–Crippen MR) is 151 cm³/mol. The summed E-state index contributed by atoms with van der Waals surface area (Å²) in [6.45, 7) is 0. The van der Waals surface area contributed by atoms with E-state index in [0.29, 0.717) is 5.56 Å². The molecule has 0 fully saturated rings. The van der Waals surface area contributed by atoms with Crippen molar-refractivity contribution in [1.29, 1.82) is 0 Å². The highest BCUT2D eigenvalue weighted by Crippen LogP contribution is 2.34. The molecule has 0 saturated carbocycles. The van der Waals surface area contributed by atoms with Crippen LogP contribution in [0, 0.1) is 0 Å². The lowest BCUT2D eigenvalue weighted by atomic mass is 9.95. The summed E-state index contributed by atoms with van der Waals surface area (Å²) in [7, 11) is 0. The van der Waals surface area contributed by atoms with Crippen LogP contribution in [-0.4, -0.2) is 0 Å². The molecule has 6 rings (SSSR count). The van der Waals surface area contributed by atoms with Crippen molar-refractivity contribution >= 4 is 10.8 Å². The van der Waals surface area contributed by atoms with Gasteiger partial charge in [0.15, 0.2) is 0 Å². The van der Waals surface area contributed by atoms with Gasteiger partial charge in [-0.1, -0.05) is 109 Å². The van der Waals surface area contributed by atoms with Gasteiger partial charge in [0.25, 0.3) is 0 Å². The first-order chi connectivity index (χ1) is 18.4. The Hall–Kier alpha value is -4.63. The SMILES string of the molecule is FC(F)(F)c1cccc(-c2ccc(-c3ccc4cc(-c5cccc(-c6ccccc6)c5)ccc4c3)cc2)c1. The number of hydrogen-bond acceptors (Lipinski definition) is 0. The summed E-state index contributed by atoms with van der Waals surface area (Å²) in [6, 6.07) is 44.9. The highest BCUT2D eigenvalue weighted by Gasteiger charge is 2.30. The van der Waals surface area contributed by atoms with Crippen molar-refractivity contribution in [2.45, 2.75) is 6.18 Å². The van der Waals surface area contributed by atoms with Gasteiger partial charge in [-0.25, -0.2) is 0 Å². The van der Waals surface area contributed by atoms with Crippen molar-refractivity contribution in [3.05, 3.63) is 145 Å². The minimum atomic E-state index is -4.36. The summed E-state index contributed by atoms with van der Waals surface area (Å²) in [6.07, 6.45) is -4.36. The molecule has 0 radical (unpaired) electrons. The average Bonchev–Trinajstić information content (AvgIpc) is 2.97. The van der Waals surface area contributed by atoms with Crippen molar-refractivity contribution in [3.63, 3.8) is 0 Å². The summed E-state index contributed by atoms with van der Waals surface area (Å²) in [5, 5.41) is 2.28. The van der Waals surface area contributed by atoms with Gasteiger partial charge < -0.3 is 0 Å². The molecule has 184 valence electrons. The molecule has 3 heteroatoms. The average molecular weight is 501 g/mol. The van der Waals surface area contributed by atoms with E-state index in [-0.39, 0.29) is 0 Å². The Morgan fingerprint density at radius 2 is 0.711 bits per heavy atom. The number of benzene rings is 6. The molecule has 6 aromatic rings. The number of fused-ring (bicyclic) bond motifs is 1. The molecule has 0 aliphatic heterocycles. The largest absolute Gasteiger partial charge is 0.416 e. The van der Waals surface area contributed by atoms with Crippen LogP contribution in [0.5, 0.6) is 0 Å². The molecule has 0 saturated heterocycles. The first-order valence-electron chi connectivity index (χ1n) is 12.4. The van der Waals surface area contributed by atoms with E-state index in [9.17, 15) is 13.2 Å². The molecule has 0 nitrogen and oxygen atoms in total. The molecule has 0 heterocycles. The van der Waals surface area contributed by atoms with E-state index in [0.717, 1.165) is 39.1 Å². The number of halogens is 3. The molecule has 0 N–H and O–H groups in total. The lowest BCUT2D eigenvalue weighted by Crippen LogP contribution is -2.04. The van der Waals surface area contributed by atoms with Crippen molar-refractivity contribution in [3.8, 4) is 44.5 Å². The third kappa shape index (κ3) is 4.83. The standard InChI is InChI=1S/C35H23F3/c36-35(37,38)34-11-5-10-29(23-34)25-12-14-26(15-13-25)30-16-17-33-22-31(18-19-32(33)21-30)28-9-4-8-27(20-28)24-6-2-1-3-7-24/h1-23H. The molecule has 6 aromatic carbocycles. The van der Waals surface area contributed by atoms with Crippen molar-refractivity contribution in [2.24, 2.45) is 0 Å². The Balaban J connectivity index is 1.27. The van der Waals surface area contributed by atoms with E-state index in [2.05, 4.69) is 84.9 Å². The van der Waals surface area contributed by atoms with E-state index >= 15 is 0 Å². The smallest absolute Gasteiger partial charge is 0.166 e. The summed E-state index contributed by atoms with van der Waals surface area (Å²) in [5.74, 6) is 0. The normalized spacial score (nSPS) is 11.6. The second kappa shape index (κ2) is 9.68. The third-order valence-electron chi connectivity index (χ3n) is 6.88. The highest BCUT2D eigenvalue weighted by atomic mass is 19.4. The highest BCUT2D eigenvalue weighted by molar-refractivity contribution is 5.91. The molecule has 0 amide bonds. The van der Waals surface area contributed by atoms with Gasteiger partial charge in [0.05, 0.1) is 5.56 Å².